The molecule has 0 aromatic heterocycles. The van der Waals surface area contributed by atoms with Crippen LogP contribution < -0.4 is 5.32 Å². The molecule has 0 aromatic carbocycles. The van der Waals surface area contributed by atoms with E-state index in [0.29, 0.717) is 0 Å². The SMILES string of the molecule is CNC(CC1CCCC1)C1CC2CC2C1. The molecule has 1 N–H and O–H groups in total. The quantitative estimate of drug-likeness (QED) is 0.746. The van der Waals surface area contributed by atoms with E-state index < -0.39 is 0 Å². The third-order valence-corrected chi connectivity index (χ3v) is 5.28. The fourth-order valence-corrected chi connectivity index (χ4v) is 4.24. The van der Waals surface area contributed by atoms with Crippen LogP contribution in [0.5, 0.6) is 0 Å². The Hall–Kier alpha value is -0.0400. The van der Waals surface area contributed by atoms with E-state index in [-0.39, 0.29) is 0 Å². The number of rotatable bonds is 4. The van der Waals surface area contributed by atoms with E-state index in [0.717, 1.165) is 29.7 Å². The van der Waals surface area contributed by atoms with Crippen molar-refractivity contribution in [2.24, 2.45) is 23.7 Å². The lowest BCUT2D eigenvalue weighted by Gasteiger charge is -2.27. The fourth-order valence-electron chi connectivity index (χ4n) is 4.24. The van der Waals surface area contributed by atoms with E-state index in [4.69, 9.17) is 0 Å². The highest BCUT2D eigenvalue weighted by molar-refractivity contribution is 4.99. The predicted molar refractivity (Wildman–Crippen MR) is 63.7 cm³/mol. The molecule has 0 aromatic rings. The smallest absolute Gasteiger partial charge is 0.00951 e. The van der Waals surface area contributed by atoms with Crippen LogP contribution in [0.1, 0.15) is 51.4 Å². The number of hydrogen-bond donors (Lipinski definition) is 1. The molecule has 0 aliphatic heterocycles. The highest BCUT2D eigenvalue weighted by Crippen LogP contribution is 2.55. The minimum Gasteiger partial charge on any atom is -0.317 e. The lowest BCUT2D eigenvalue weighted by atomic mass is 9.87. The van der Waals surface area contributed by atoms with Crippen molar-refractivity contribution in [3.05, 3.63) is 0 Å². The molecule has 1 heteroatoms. The van der Waals surface area contributed by atoms with Gasteiger partial charge in [0.05, 0.1) is 0 Å². The lowest BCUT2D eigenvalue weighted by molar-refractivity contribution is 0.292. The maximum absolute atomic E-state index is 3.61. The zero-order chi connectivity index (χ0) is 10.3. The summed E-state index contributed by atoms with van der Waals surface area (Å²) in [4.78, 5) is 0. The van der Waals surface area contributed by atoms with Gasteiger partial charge in [-0.2, -0.15) is 0 Å². The molecule has 3 fully saturated rings. The van der Waals surface area contributed by atoms with Gasteiger partial charge in [0.1, 0.15) is 0 Å². The van der Waals surface area contributed by atoms with Gasteiger partial charge in [0, 0.05) is 6.04 Å². The lowest BCUT2D eigenvalue weighted by Crippen LogP contribution is -2.34. The van der Waals surface area contributed by atoms with E-state index >= 15 is 0 Å². The first-order chi connectivity index (χ1) is 7.36. The molecular formula is C14H25N. The summed E-state index contributed by atoms with van der Waals surface area (Å²) in [7, 11) is 2.18. The summed E-state index contributed by atoms with van der Waals surface area (Å²) in [5.74, 6) is 4.38. The largest absolute Gasteiger partial charge is 0.317 e. The molecule has 3 aliphatic rings. The number of hydrogen-bond acceptors (Lipinski definition) is 1. The second-order valence-corrected chi connectivity index (χ2v) is 6.27. The zero-order valence-electron chi connectivity index (χ0n) is 10.0. The van der Waals surface area contributed by atoms with Gasteiger partial charge in [0.2, 0.25) is 0 Å². The van der Waals surface area contributed by atoms with Crippen LogP contribution in [0.25, 0.3) is 0 Å². The van der Waals surface area contributed by atoms with Crippen LogP contribution in [-0.4, -0.2) is 13.1 Å². The normalized spacial score (nSPS) is 41.8. The Balaban J connectivity index is 1.51. The maximum Gasteiger partial charge on any atom is 0.00951 e. The molecule has 3 rings (SSSR count). The van der Waals surface area contributed by atoms with Crippen molar-refractivity contribution < 1.29 is 0 Å². The van der Waals surface area contributed by atoms with Crippen LogP contribution in [0.4, 0.5) is 0 Å². The Labute approximate surface area is 94.0 Å². The van der Waals surface area contributed by atoms with E-state index in [1.807, 2.05) is 0 Å². The van der Waals surface area contributed by atoms with E-state index in [9.17, 15) is 0 Å². The van der Waals surface area contributed by atoms with Crippen LogP contribution in [0.15, 0.2) is 0 Å². The Bertz CT molecular complexity index is 209. The molecule has 0 amide bonds. The standard InChI is InChI=1S/C14H25N/c1-15-14(6-10-4-2-3-5-10)13-8-11-7-12(11)9-13/h10-15H,2-9H2,1H3. The van der Waals surface area contributed by atoms with Gasteiger partial charge in [0.15, 0.2) is 0 Å². The monoisotopic (exact) mass is 207 g/mol. The summed E-state index contributed by atoms with van der Waals surface area (Å²) in [5.41, 5.74) is 0. The van der Waals surface area contributed by atoms with Crippen LogP contribution in [-0.2, 0) is 0 Å². The molecule has 0 saturated heterocycles. The topological polar surface area (TPSA) is 12.0 Å². The minimum absolute atomic E-state index is 0.848. The molecule has 15 heavy (non-hydrogen) atoms. The first kappa shape index (κ1) is 10.1. The third kappa shape index (κ3) is 2.08. The van der Waals surface area contributed by atoms with Gasteiger partial charge < -0.3 is 5.32 Å². The number of nitrogens with one attached hydrogen (secondary N) is 1. The van der Waals surface area contributed by atoms with Crippen LogP contribution in [0.3, 0.4) is 0 Å². The first-order valence-corrected chi connectivity index (χ1v) is 7.04. The summed E-state index contributed by atoms with van der Waals surface area (Å²) >= 11 is 0. The van der Waals surface area contributed by atoms with Crippen LogP contribution in [0.2, 0.25) is 0 Å². The first-order valence-electron chi connectivity index (χ1n) is 7.04. The summed E-state index contributed by atoms with van der Waals surface area (Å²) in [5, 5.41) is 3.61. The van der Waals surface area contributed by atoms with Crippen molar-refractivity contribution in [2.45, 2.75) is 57.4 Å². The van der Waals surface area contributed by atoms with Crippen LogP contribution >= 0.6 is 0 Å². The molecule has 3 aliphatic carbocycles. The van der Waals surface area contributed by atoms with Gasteiger partial charge in [-0.15, -0.1) is 0 Å². The van der Waals surface area contributed by atoms with Crippen molar-refractivity contribution in [1.82, 2.24) is 5.32 Å². The van der Waals surface area contributed by atoms with Gasteiger partial charge in [-0.05, 0) is 56.4 Å². The van der Waals surface area contributed by atoms with E-state index in [1.165, 1.54) is 32.1 Å². The van der Waals surface area contributed by atoms with Crippen molar-refractivity contribution in [1.29, 1.82) is 0 Å². The van der Waals surface area contributed by atoms with Gasteiger partial charge in [-0.3, -0.25) is 0 Å². The van der Waals surface area contributed by atoms with Gasteiger partial charge >= 0.3 is 0 Å². The molecule has 3 unspecified atom stereocenters. The molecule has 3 atom stereocenters. The summed E-state index contributed by atoms with van der Waals surface area (Å²) < 4.78 is 0. The fraction of sp³-hybridized carbons (Fsp3) is 1.00. The Morgan fingerprint density at radius 1 is 1.07 bits per heavy atom. The second-order valence-electron chi connectivity index (χ2n) is 6.27. The third-order valence-electron chi connectivity index (χ3n) is 5.28. The average Bonchev–Trinajstić information content (AvgIpc) is 2.73. The Morgan fingerprint density at radius 2 is 1.73 bits per heavy atom. The van der Waals surface area contributed by atoms with Gasteiger partial charge in [-0.1, -0.05) is 25.7 Å². The molecule has 0 bridgehead atoms. The summed E-state index contributed by atoms with van der Waals surface area (Å²) in [6.07, 6.45) is 12.1. The van der Waals surface area contributed by atoms with Gasteiger partial charge in [-0.25, -0.2) is 0 Å². The van der Waals surface area contributed by atoms with Gasteiger partial charge in [0.25, 0.3) is 0 Å². The second kappa shape index (κ2) is 4.08. The number of fused-ring (bicyclic) bond motifs is 1. The summed E-state index contributed by atoms with van der Waals surface area (Å²) in [6.45, 7) is 0. The Morgan fingerprint density at radius 3 is 2.33 bits per heavy atom. The summed E-state index contributed by atoms with van der Waals surface area (Å²) in [6, 6.07) is 0.848. The zero-order valence-corrected chi connectivity index (χ0v) is 10.0. The molecular weight excluding hydrogens is 182 g/mol. The highest BCUT2D eigenvalue weighted by atomic mass is 14.9. The van der Waals surface area contributed by atoms with Crippen LogP contribution in [0, 0.1) is 23.7 Å². The van der Waals surface area contributed by atoms with Crippen molar-refractivity contribution in [3.8, 4) is 0 Å². The average molecular weight is 207 g/mol. The van der Waals surface area contributed by atoms with Crippen molar-refractivity contribution in [2.75, 3.05) is 7.05 Å². The molecule has 1 nitrogen and oxygen atoms in total. The molecule has 86 valence electrons. The predicted octanol–water partition coefficient (Wildman–Crippen LogP) is 3.20. The molecule has 0 heterocycles. The Kier molecular flexibility index (Phi) is 2.76. The molecule has 0 radical (unpaired) electrons. The van der Waals surface area contributed by atoms with E-state index in [1.54, 1.807) is 19.3 Å². The van der Waals surface area contributed by atoms with Crippen molar-refractivity contribution in [3.63, 3.8) is 0 Å². The highest BCUT2D eigenvalue weighted by Gasteiger charge is 2.47. The molecule has 3 saturated carbocycles. The molecule has 0 spiro atoms. The maximum atomic E-state index is 3.61. The minimum atomic E-state index is 0.848. The van der Waals surface area contributed by atoms with Crippen molar-refractivity contribution >= 4 is 0 Å². The van der Waals surface area contributed by atoms with E-state index in [2.05, 4.69) is 12.4 Å².